The van der Waals surface area contributed by atoms with Crippen LogP contribution in [0.4, 0.5) is 0 Å². The van der Waals surface area contributed by atoms with E-state index in [2.05, 4.69) is 16.2 Å². The highest BCUT2D eigenvalue weighted by molar-refractivity contribution is 7.80. The number of fused-ring (bicyclic) bond motifs is 1. The molecule has 0 aliphatic carbocycles. The fourth-order valence-electron chi connectivity index (χ4n) is 2.66. The number of benzene rings is 2. The Bertz CT molecular complexity index is 954. The van der Waals surface area contributed by atoms with E-state index in [9.17, 15) is 4.79 Å². The number of methoxy groups -OCH3 is 1. The van der Waals surface area contributed by atoms with Gasteiger partial charge in [0, 0.05) is 12.1 Å². The van der Waals surface area contributed by atoms with Crippen LogP contribution in [0.25, 0.3) is 0 Å². The first-order valence-corrected chi connectivity index (χ1v) is 9.93. The molecule has 0 atom stereocenters. The van der Waals surface area contributed by atoms with Gasteiger partial charge in [0.2, 0.25) is 6.79 Å². The first-order valence-electron chi connectivity index (χ1n) is 9.14. The van der Waals surface area contributed by atoms with Gasteiger partial charge in [-0.1, -0.05) is 17.7 Å². The van der Waals surface area contributed by atoms with Crippen molar-refractivity contribution in [2.24, 2.45) is 0 Å². The van der Waals surface area contributed by atoms with E-state index in [1.54, 1.807) is 6.07 Å². The van der Waals surface area contributed by atoms with Crippen molar-refractivity contribution in [1.82, 2.24) is 16.2 Å². The van der Waals surface area contributed by atoms with E-state index in [0.29, 0.717) is 35.1 Å². The molecular weight excluding hydrogens is 430 g/mol. The van der Waals surface area contributed by atoms with Gasteiger partial charge in [-0.25, -0.2) is 0 Å². The summed E-state index contributed by atoms with van der Waals surface area (Å²) in [6.07, 6.45) is -0.0917. The summed E-state index contributed by atoms with van der Waals surface area (Å²) in [6.45, 7) is 4.41. The zero-order valence-electron chi connectivity index (χ0n) is 16.7. The normalized spacial score (nSPS) is 11.8. The average molecular weight is 452 g/mol. The Labute approximate surface area is 184 Å². The molecule has 1 aliphatic rings. The average Bonchev–Trinajstić information content (AvgIpc) is 3.19. The van der Waals surface area contributed by atoms with Crippen molar-refractivity contribution in [1.29, 1.82) is 0 Å². The molecule has 2 aromatic carbocycles. The zero-order valence-corrected chi connectivity index (χ0v) is 18.3. The van der Waals surface area contributed by atoms with E-state index in [1.807, 2.05) is 32.0 Å². The highest BCUT2D eigenvalue weighted by Crippen LogP contribution is 2.37. The second-order valence-corrected chi connectivity index (χ2v) is 7.42. The van der Waals surface area contributed by atoms with Gasteiger partial charge in [0.1, 0.15) is 0 Å². The lowest BCUT2D eigenvalue weighted by molar-refractivity contribution is 0.0943. The molecule has 0 fully saturated rings. The van der Waals surface area contributed by atoms with Crippen LogP contribution in [-0.4, -0.2) is 31.0 Å². The maximum Gasteiger partial charge on any atom is 0.269 e. The first-order chi connectivity index (χ1) is 14.4. The lowest BCUT2D eigenvalue weighted by atomic mass is 10.2. The predicted octanol–water partition coefficient (Wildman–Crippen LogP) is 3.17. The van der Waals surface area contributed by atoms with Crippen molar-refractivity contribution in [2.45, 2.75) is 26.5 Å². The number of ether oxygens (including phenoxy) is 4. The van der Waals surface area contributed by atoms with Crippen molar-refractivity contribution < 1.29 is 23.7 Å². The molecule has 2 aromatic rings. The van der Waals surface area contributed by atoms with Crippen LogP contribution in [0.15, 0.2) is 30.3 Å². The minimum Gasteiger partial charge on any atom is -0.493 e. The predicted molar refractivity (Wildman–Crippen MR) is 116 cm³/mol. The molecule has 3 rings (SSSR count). The molecule has 0 spiro atoms. The number of amides is 1. The van der Waals surface area contributed by atoms with Crippen LogP contribution in [0.2, 0.25) is 5.02 Å². The second kappa shape index (κ2) is 9.73. The number of hydrogen-bond donors (Lipinski definition) is 3. The molecule has 0 radical (unpaired) electrons. The van der Waals surface area contributed by atoms with Gasteiger partial charge in [-0.2, -0.15) is 0 Å². The topological polar surface area (TPSA) is 90.1 Å². The first kappa shape index (κ1) is 21.8. The number of rotatable bonds is 6. The van der Waals surface area contributed by atoms with Crippen molar-refractivity contribution in [2.75, 3.05) is 13.9 Å². The molecule has 10 heteroatoms. The van der Waals surface area contributed by atoms with Crippen LogP contribution in [0, 0.1) is 0 Å². The number of carbonyl (C=O) groups excluding carboxylic acids is 1. The second-order valence-electron chi connectivity index (χ2n) is 6.61. The maximum atomic E-state index is 12.5. The van der Waals surface area contributed by atoms with Crippen LogP contribution in [0.5, 0.6) is 23.0 Å². The molecule has 0 saturated heterocycles. The number of halogens is 1. The lowest BCUT2D eigenvalue weighted by Gasteiger charge is -2.16. The molecule has 8 nitrogen and oxygen atoms in total. The Hall–Kier alpha value is -2.91. The summed E-state index contributed by atoms with van der Waals surface area (Å²) >= 11 is 11.5. The van der Waals surface area contributed by atoms with Crippen molar-refractivity contribution in [3.05, 3.63) is 46.5 Å². The highest BCUT2D eigenvalue weighted by Gasteiger charge is 2.17. The van der Waals surface area contributed by atoms with Gasteiger partial charge in [-0.3, -0.25) is 15.6 Å². The fourth-order valence-corrected chi connectivity index (χ4v) is 3.04. The number of hydrazine groups is 1. The van der Waals surface area contributed by atoms with Gasteiger partial charge in [-0.05, 0) is 55.9 Å². The van der Waals surface area contributed by atoms with Crippen molar-refractivity contribution in [3.8, 4) is 23.0 Å². The number of hydrogen-bond acceptors (Lipinski definition) is 6. The van der Waals surface area contributed by atoms with E-state index in [1.165, 1.54) is 13.2 Å². The Kier molecular flexibility index (Phi) is 7.07. The molecule has 160 valence electrons. The van der Waals surface area contributed by atoms with Gasteiger partial charge in [0.05, 0.1) is 18.2 Å². The Morgan fingerprint density at radius 1 is 1.20 bits per heavy atom. The third-order valence-corrected chi connectivity index (χ3v) is 4.55. The Morgan fingerprint density at radius 3 is 2.70 bits per heavy atom. The lowest BCUT2D eigenvalue weighted by Crippen LogP contribution is -2.46. The van der Waals surface area contributed by atoms with Gasteiger partial charge < -0.3 is 24.3 Å². The Morgan fingerprint density at radius 2 is 1.97 bits per heavy atom. The summed E-state index contributed by atoms with van der Waals surface area (Å²) < 4.78 is 21.6. The molecule has 1 amide bonds. The maximum absolute atomic E-state index is 12.5. The standard InChI is InChI=1S/C20H22ClN3O5S/c1-11(2)29-18-14(21)7-13(8-17(18)26-3)19(25)23-24-20(30)22-9-12-4-5-15-16(6-12)28-10-27-15/h4-8,11H,9-10H2,1-3H3,(H,23,25)(H2,22,24,30). The van der Waals surface area contributed by atoms with Crippen LogP contribution in [0.1, 0.15) is 29.8 Å². The highest BCUT2D eigenvalue weighted by atomic mass is 35.5. The monoisotopic (exact) mass is 451 g/mol. The summed E-state index contributed by atoms with van der Waals surface area (Å²) in [6, 6.07) is 8.65. The molecule has 0 bridgehead atoms. The van der Waals surface area contributed by atoms with Crippen LogP contribution in [-0.2, 0) is 6.54 Å². The molecule has 1 aliphatic heterocycles. The number of thiocarbonyl (C=S) groups is 1. The van der Waals surface area contributed by atoms with Crippen molar-refractivity contribution in [3.63, 3.8) is 0 Å². The molecular formula is C20H22ClN3O5S. The van der Waals surface area contributed by atoms with E-state index >= 15 is 0 Å². The van der Waals surface area contributed by atoms with Gasteiger partial charge >= 0.3 is 0 Å². The van der Waals surface area contributed by atoms with Crippen LogP contribution in [0.3, 0.4) is 0 Å². The summed E-state index contributed by atoms with van der Waals surface area (Å²) in [5.41, 5.74) is 6.42. The molecule has 0 aromatic heterocycles. The quantitative estimate of drug-likeness (QED) is 0.456. The van der Waals surface area contributed by atoms with Gasteiger partial charge in [0.15, 0.2) is 28.1 Å². The summed E-state index contributed by atoms with van der Waals surface area (Å²) in [5.74, 6) is 1.73. The van der Waals surface area contributed by atoms with Crippen LogP contribution < -0.4 is 35.1 Å². The Balaban J connectivity index is 1.54. The summed E-state index contributed by atoms with van der Waals surface area (Å²) in [5, 5.41) is 3.52. The van der Waals surface area contributed by atoms with E-state index in [4.69, 9.17) is 42.8 Å². The smallest absolute Gasteiger partial charge is 0.269 e. The largest absolute Gasteiger partial charge is 0.493 e. The minimum atomic E-state index is -0.432. The summed E-state index contributed by atoms with van der Waals surface area (Å²) in [7, 11) is 1.48. The van der Waals surface area contributed by atoms with E-state index in [-0.39, 0.29) is 23.0 Å². The van der Waals surface area contributed by atoms with Crippen LogP contribution >= 0.6 is 23.8 Å². The molecule has 1 heterocycles. The number of nitrogens with one attached hydrogen (secondary N) is 3. The van der Waals surface area contributed by atoms with E-state index in [0.717, 1.165) is 5.56 Å². The molecule has 3 N–H and O–H groups in total. The number of carbonyl (C=O) groups is 1. The third kappa shape index (κ3) is 5.37. The molecule has 0 unspecified atom stereocenters. The van der Waals surface area contributed by atoms with Gasteiger partial charge in [-0.15, -0.1) is 0 Å². The van der Waals surface area contributed by atoms with Gasteiger partial charge in [0.25, 0.3) is 5.91 Å². The fraction of sp³-hybridized carbons (Fsp3) is 0.300. The molecule has 0 saturated carbocycles. The minimum absolute atomic E-state index is 0.0917. The zero-order chi connectivity index (χ0) is 21.7. The third-order valence-electron chi connectivity index (χ3n) is 4.02. The SMILES string of the molecule is COc1cc(C(=O)NNC(=S)NCc2ccc3c(c2)OCO3)cc(Cl)c1OC(C)C. The van der Waals surface area contributed by atoms with E-state index < -0.39 is 5.91 Å². The van der Waals surface area contributed by atoms with Crippen molar-refractivity contribution >= 4 is 34.8 Å². The molecule has 30 heavy (non-hydrogen) atoms. The summed E-state index contributed by atoms with van der Waals surface area (Å²) in [4.78, 5) is 12.5.